The maximum atomic E-state index is 6.47. The van der Waals surface area contributed by atoms with Crippen molar-refractivity contribution in [1.82, 2.24) is 0 Å². The lowest BCUT2D eigenvalue weighted by Crippen LogP contribution is -2.14. The number of methoxy groups -OCH3 is 2. The lowest BCUT2D eigenvalue weighted by Gasteiger charge is -2.19. The molecular formula is C18H23NO2. The Bertz CT molecular complexity index is 630. The second-order valence-electron chi connectivity index (χ2n) is 5.46. The van der Waals surface area contributed by atoms with E-state index in [4.69, 9.17) is 15.2 Å². The van der Waals surface area contributed by atoms with E-state index in [-0.39, 0.29) is 6.04 Å². The van der Waals surface area contributed by atoms with Crippen LogP contribution in [-0.2, 0) is 0 Å². The highest BCUT2D eigenvalue weighted by Gasteiger charge is 2.16. The van der Waals surface area contributed by atoms with Crippen molar-refractivity contribution >= 4 is 0 Å². The Hall–Kier alpha value is -2.00. The molecule has 1 unspecified atom stereocenters. The van der Waals surface area contributed by atoms with Crippen molar-refractivity contribution in [2.45, 2.75) is 26.8 Å². The lowest BCUT2D eigenvalue weighted by molar-refractivity contribution is 0.354. The van der Waals surface area contributed by atoms with Crippen molar-refractivity contribution in [3.8, 4) is 11.5 Å². The standard InChI is InChI=1S/C18H23NO2/c1-11-6-12(2)8-14(7-11)18(19)15-10-17(21-5)16(20-4)9-13(15)3/h6-10,18H,19H2,1-5H3. The van der Waals surface area contributed by atoms with E-state index in [1.54, 1.807) is 14.2 Å². The predicted octanol–water partition coefficient (Wildman–Crippen LogP) is 3.68. The van der Waals surface area contributed by atoms with Crippen LogP contribution in [0, 0.1) is 20.8 Å². The molecule has 2 aromatic carbocycles. The van der Waals surface area contributed by atoms with Crippen molar-refractivity contribution in [2.75, 3.05) is 14.2 Å². The predicted molar refractivity (Wildman–Crippen MR) is 86.2 cm³/mol. The van der Waals surface area contributed by atoms with Crippen LogP contribution in [0.2, 0.25) is 0 Å². The molecule has 0 radical (unpaired) electrons. The van der Waals surface area contributed by atoms with Crippen molar-refractivity contribution in [3.05, 3.63) is 58.1 Å². The van der Waals surface area contributed by atoms with Gasteiger partial charge in [-0.05, 0) is 49.6 Å². The van der Waals surface area contributed by atoms with Gasteiger partial charge >= 0.3 is 0 Å². The zero-order valence-electron chi connectivity index (χ0n) is 13.4. The zero-order chi connectivity index (χ0) is 15.6. The molecule has 0 aliphatic rings. The van der Waals surface area contributed by atoms with E-state index in [0.717, 1.165) is 22.4 Å². The molecule has 0 aliphatic carbocycles. The van der Waals surface area contributed by atoms with Gasteiger partial charge in [0, 0.05) is 0 Å². The SMILES string of the molecule is COc1cc(C)c(C(N)c2cc(C)cc(C)c2)cc1OC. The summed E-state index contributed by atoms with van der Waals surface area (Å²) in [6, 6.07) is 10.2. The fraction of sp³-hybridized carbons (Fsp3) is 0.333. The molecule has 0 spiro atoms. The molecule has 2 rings (SSSR count). The first kappa shape index (κ1) is 15.4. The van der Waals surface area contributed by atoms with E-state index < -0.39 is 0 Å². The number of hydrogen-bond acceptors (Lipinski definition) is 3. The summed E-state index contributed by atoms with van der Waals surface area (Å²) in [6.45, 7) is 6.22. The summed E-state index contributed by atoms with van der Waals surface area (Å²) in [7, 11) is 3.28. The highest BCUT2D eigenvalue weighted by Crippen LogP contribution is 2.34. The van der Waals surface area contributed by atoms with Crippen LogP contribution >= 0.6 is 0 Å². The summed E-state index contributed by atoms with van der Waals surface area (Å²) in [4.78, 5) is 0. The van der Waals surface area contributed by atoms with Gasteiger partial charge in [-0.2, -0.15) is 0 Å². The molecule has 0 aromatic heterocycles. The first-order valence-electron chi connectivity index (χ1n) is 7.02. The van der Waals surface area contributed by atoms with E-state index in [9.17, 15) is 0 Å². The minimum atomic E-state index is -0.177. The van der Waals surface area contributed by atoms with Crippen molar-refractivity contribution in [2.24, 2.45) is 5.73 Å². The maximum Gasteiger partial charge on any atom is 0.161 e. The summed E-state index contributed by atoms with van der Waals surface area (Å²) in [5.41, 5.74) is 12.2. The molecule has 0 fully saturated rings. The highest BCUT2D eigenvalue weighted by atomic mass is 16.5. The lowest BCUT2D eigenvalue weighted by atomic mass is 9.93. The molecule has 0 saturated carbocycles. The molecule has 0 aliphatic heterocycles. The fourth-order valence-electron chi connectivity index (χ4n) is 2.70. The van der Waals surface area contributed by atoms with Crippen molar-refractivity contribution in [3.63, 3.8) is 0 Å². The molecule has 3 heteroatoms. The summed E-state index contributed by atoms with van der Waals surface area (Å²) in [5, 5.41) is 0. The minimum absolute atomic E-state index is 0.177. The summed E-state index contributed by atoms with van der Waals surface area (Å²) in [5.74, 6) is 1.43. The fourth-order valence-corrected chi connectivity index (χ4v) is 2.70. The number of aryl methyl sites for hydroxylation is 3. The maximum absolute atomic E-state index is 6.47. The van der Waals surface area contributed by atoms with E-state index >= 15 is 0 Å². The Kier molecular flexibility index (Phi) is 4.53. The van der Waals surface area contributed by atoms with Crippen LogP contribution in [-0.4, -0.2) is 14.2 Å². The minimum Gasteiger partial charge on any atom is -0.493 e. The Morgan fingerprint density at radius 1 is 0.810 bits per heavy atom. The number of benzene rings is 2. The number of nitrogens with two attached hydrogens (primary N) is 1. The largest absolute Gasteiger partial charge is 0.493 e. The van der Waals surface area contributed by atoms with Gasteiger partial charge in [-0.25, -0.2) is 0 Å². The van der Waals surface area contributed by atoms with E-state index in [1.165, 1.54) is 11.1 Å². The quantitative estimate of drug-likeness (QED) is 0.932. The smallest absolute Gasteiger partial charge is 0.161 e. The second kappa shape index (κ2) is 6.19. The van der Waals surface area contributed by atoms with E-state index in [0.29, 0.717) is 5.75 Å². The first-order chi connectivity index (χ1) is 9.96. The summed E-state index contributed by atoms with van der Waals surface area (Å²) >= 11 is 0. The molecule has 112 valence electrons. The second-order valence-corrected chi connectivity index (χ2v) is 5.46. The highest BCUT2D eigenvalue weighted by molar-refractivity contribution is 5.50. The summed E-state index contributed by atoms with van der Waals surface area (Å²) in [6.07, 6.45) is 0. The molecule has 1 atom stereocenters. The van der Waals surface area contributed by atoms with Gasteiger partial charge in [-0.15, -0.1) is 0 Å². The van der Waals surface area contributed by atoms with Gasteiger partial charge in [0.1, 0.15) is 0 Å². The van der Waals surface area contributed by atoms with E-state index in [2.05, 4.69) is 32.0 Å². The van der Waals surface area contributed by atoms with Crippen LogP contribution in [0.5, 0.6) is 11.5 Å². The molecular weight excluding hydrogens is 262 g/mol. The third kappa shape index (κ3) is 3.19. The third-order valence-corrected chi connectivity index (χ3v) is 3.71. The molecule has 0 saturated heterocycles. The average molecular weight is 285 g/mol. The van der Waals surface area contributed by atoms with Crippen LogP contribution in [0.1, 0.15) is 33.9 Å². The molecule has 21 heavy (non-hydrogen) atoms. The van der Waals surface area contributed by atoms with Crippen molar-refractivity contribution in [1.29, 1.82) is 0 Å². The Morgan fingerprint density at radius 2 is 1.33 bits per heavy atom. The first-order valence-corrected chi connectivity index (χ1v) is 7.02. The molecule has 0 amide bonds. The zero-order valence-corrected chi connectivity index (χ0v) is 13.4. The third-order valence-electron chi connectivity index (χ3n) is 3.71. The molecule has 0 heterocycles. The molecule has 0 bridgehead atoms. The van der Waals surface area contributed by atoms with Gasteiger partial charge < -0.3 is 15.2 Å². The van der Waals surface area contributed by atoms with Crippen LogP contribution in [0.3, 0.4) is 0 Å². The monoisotopic (exact) mass is 285 g/mol. The van der Waals surface area contributed by atoms with Crippen LogP contribution in [0.15, 0.2) is 30.3 Å². The van der Waals surface area contributed by atoms with Gasteiger partial charge in [0.05, 0.1) is 20.3 Å². The average Bonchev–Trinajstić information content (AvgIpc) is 2.45. The Labute approximate surface area is 126 Å². The van der Waals surface area contributed by atoms with Crippen LogP contribution in [0.25, 0.3) is 0 Å². The molecule has 3 nitrogen and oxygen atoms in total. The van der Waals surface area contributed by atoms with Gasteiger partial charge in [-0.1, -0.05) is 29.3 Å². The van der Waals surface area contributed by atoms with Gasteiger partial charge in [0.25, 0.3) is 0 Å². The number of ether oxygens (including phenoxy) is 2. The van der Waals surface area contributed by atoms with Crippen LogP contribution in [0.4, 0.5) is 0 Å². The number of hydrogen-bond donors (Lipinski definition) is 1. The molecule has 2 aromatic rings. The van der Waals surface area contributed by atoms with Crippen molar-refractivity contribution < 1.29 is 9.47 Å². The van der Waals surface area contributed by atoms with E-state index in [1.807, 2.05) is 19.1 Å². The Balaban J connectivity index is 2.49. The number of rotatable bonds is 4. The summed E-state index contributed by atoms with van der Waals surface area (Å²) < 4.78 is 10.7. The van der Waals surface area contributed by atoms with Gasteiger partial charge in [-0.3, -0.25) is 0 Å². The van der Waals surface area contributed by atoms with Gasteiger partial charge in [0.2, 0.25) is 0 Å². The Morgan fingerprint density at radius 3 is 1.86 bits per heavy atom. The van der Waals surface area contributed by atoms with Gasteiger partial charge in [0.15, 0.2) is 11.5 Å². The topological polar surface area (TPSA) is 44.5 Å². The normalized spacial score (nSPS) is 12.1. The molecule has 2 N–H and O–H groups in total. The van der Waals surface area contributed by atoms with Crippen LogP contribution < -0.4 is 15.2 Å².